The first-order chi connectivity index (χ1) is 8.91. The Morgan fingerprint density at radius 1 is 1.16 bits per heavy atom. The van der Waals surface area contributed by atoms with Crippen molar-refractivity contribution in [2.75, 3.05) is 5.73 Å². The number of halogens is 1. The average Bonchev–Trinajstić information content (AvgIpc) is 2.39. The standard InChI is InChI=1S/C15H15ClN2O/c1-15(2,11-4-6-12(16)7-5-11)14(19)10-3-8-13(17)18-9-10/h3-9H,1-2H3,(H2,17,18). The number of pyridine rings is 1. The summed E-state index contributed by atoms with van der Waals surface area (Å²) in [5.41, 5.74) is 6.36. The molecule has 3 nitrogen and oxygen atoms in total. The highest BCUT2D eigenvalue weighted by atomic mass is 35.5. The largest absolute Gasteiger partial charge is 0.384 e. The van der Waals surface area contributed by atoms with E-state index in [4.69, 9.17) is 17.3 Å². The van der Waals surface area contributed by atoms with Crippen LogP contribution in [0.5, 0.6) is 0 Å². The van der Waals surface area contributed by atoms with Crippen LogP contribution in [0.4, 0.5) is 5.82 Å². The zero-order valence-corrected chi connectivity index (χ0v) is 11.6. The number of rotatable bonds is 3. The number of nitrogens with two attached hydrogens (primary N) is 1. The summed E-state index contributed by atoms with van der Waals surface area (Å²) in [5.74, 6) is 0.406. The van der Waals surface area contributed by atoms with E-state index in [1.807, 2.05) is 26.0 Å². The minimum Gasteiger partial charge on any atom is -0.384 e. The molecule has 19 heavy (non-hydrogen) atoms. The van der Waals surface area contributed by atoms with E-state index in [9.17, 15) is 4.79 Å². The maximum absolute atomic E-state index is 12.5. The Hall–Kier alpha value is -1.87. The van der Waals surface area contributed by atoms with Gasteiger partial charge in [-0.15, -0.1) is 0 Å². The van der Waals surface area contributed by atoms with Crippen LogP contribution in [0.15, 0.2) is 42.6 Å². The summed E-state index contributed by atoms with van der Waals surface area (Å²) in [6, 6.07) is 10.6. The number of nitrogen functional groups attached to an aromatic ring is 1. The molecule has 0 unspecified atom stereocenters. The number of anilines is 1. The van der Waals surface area contributed by atoms with E-state index in [2.05, 4.69) is 4.98 Å². The molecule has 0 spiro atoms. The lowest BCUT2D eigenvalue weighted by atomic mass is 9.78. The van der Waals surface area contributed by atoms with Gasteiger partial charge in [0.1, 0.15) is 5.82 Å². The Bertz CT molecular complexity index is 589. The van der Waals surface area contributed by atoms with Gasteiger partial charge in [-0.05, 0) is 43.7 Å². The van der Waals surface area contributed by atoms with Crippen molar-refractivity contribution in [3.63, 3.8) is 0 Å². The first kappa shape index (κ1) is 13.6. The fourth-order valence-corrected chi connectivity index (χ4v) is 2.02. The molecule has 1 heterocycles. The molecule has 0 aliphatic carbocycles. The number of aromatic nitrogens is 1. The average molecular weight is 275 g/mol. The second-order valence-electron chi connectivity index (χ2n) is 4.93. The summed E-state index contributed by atoms with van der Waals surface area (Å²) < 4.78 is 0. The van der Waals surface area contributed by atoms with Crippen LogP contribution in [0, 0.1) is 0 Å². The second kappa shape index (κ2) is 5.02. The van der Waals surface area contributed by atoms with E-state index in [0.717, 1.165) is 5.56 Å². The molecule has 0 atom stereocenters. The number of benzene rings is 1. The molecule has 0 radical (unpaired) electrons. The van der Waals surface area contributed by atoms with E-state index in [1.165, 1.54) is 6.20 Å². The lowest BCUT2D eigenvalue weighted by molar-refractivity contribution is 0.0908. The van der Waals surface area contributed by atoms with E-state index in [0.29, 0.717) is 16.4 Å². The molecule has 0 aliphatic rings. The van der Waals surface area contributed by atoms with Crippen LogP contribution in [0.2, 0.25) is 5.02 Å². The van der Waals surface area contributed by atoms with Crippen LogP contribution in [-0.4, -0.2) is 10.8 Å². The van der Waals surface area contributed by atoms with Crippen molar-refractivity contribution in [1.82, 2.24) is 4.98 Å². The molecule has 0 saturated carbocycles. The number of nitrogens with zero attached hydrogens (tertiary/aromatic N) is 1. The molecular weight excluding hydrogens is 260 g/mol. The highest BCUT2D eigenvalue weighted by Gasteiger charge is 2.30. The first-order valence-electron chi connectivity index (χ1n) is 5.93. The molecule has 1 aromatic carbocycles. The Morgan fingerprint density at radius 2 is 1.79 bits per heavy atom. The molecule has 2 N–H and O–H groups in total. The fourth-order valence-electron chi connectivity index (χ4n) is 1.90. The Kier molecular flexibility index (Phi) is 3.58. The lowest BCUT2D eigenvalue weighted by Crippen LogP contribution is -2.29. The van der Waals surface area contributed by atoms with E-state index in [-0.39, 0.29) is 5.78 Å². The molecule has 0 fully saturated rings. The number of Topliss-reactive ketones (excluding diaryl/α,β-unsaturated/α-hetero) is 1. The Balaban J connectivity index is 2.35. The van der Waals surface area contributed by atoms with Gasteiger partial charge in [0.15, 0.2) is 5.78 Å². The van der Waals surface area contributed by atoms with Crippen molar-refractivity contribution < 1.29 is 4.79 Å². The summed E-state index contributed by atoms with van der Waals surface area (Å²) in [4.78, 5) is 16.5. The molecule has 0 bridgehead atoms. The van der Waals surface area contributed by atoms with Gasteiger partial charge >= 0.3 is 0 Å². The SMILES string of the molecule is CC(C)(C(=O)c1ccc(N)nc1)c1ccc(Cl)cc1. The van der Waals surface area contributed by atoms with Crippen molar-refractivity contribution in [1.29, 1.82) is 0 Å². The molecular formula is C15H15ClN2O. The van der Waals surface area contributed by atoms with Crippen molar-refractivity contribution in [3.05, 3.63) is 58.7 Å². The minimum atomic E-state index is -0.637. The number of carbonyl (C=O) groups excluding carboxylic acids is 1. The van der Waals surface area contributed by atoms with Gasteiger partial charge in [-0.2, -0.15) is 0 Å². The number of hydrogen-bond donors (Lipinski definition) is 1. The molecule has 2 aromatic rings. The van der Waals surface area contributed by atoms with Gasteiger partial charge in [-0.3, -0.25) is 4.79 Å². The lowest BCUT2D eigenvalue weighted by Gasteiger charge is -2.23. The normalized spacial score (nSPS) is 11.3. The molecule has 0 saturated heterocycles. The maximum atomic E-state index is 12.5. The van der Waals surface area contributed by atoms with Crippen molar-refractivity contribution in [2.24, 2.45) is 0 Å². The van der Waals surface area contributed by atoms with Gasteiger partial charge in [-0.1, -0.05) is 23.7 Å². The van der Waals surface area contributed by atoms with E-state index in [1.54, 1.807) is 24.3 Å². The summed E-state index contributed by atoms with van der Waals surface area (Å²) in [7, 11) is 0. The topological polar surface area (TPSA) is 56.0 Å². The molecule has 4 heteroatoms. The zero-order chi connectivity index (χ0) is 14.0. The van der Waals surface area contributed by atoms with Crippen molar-refractivity contribution >= 4 is 23.2 Å². The van der Waals surface area contributed by atoms with Gasteiger partial charge < -0.3 is 5.73 Å². The molecule has 0 aliphatic heterocycles. The van der Waals surface area contributed by atoms with Crippen LogP contribution >= 0.6 is 11.6 Å². The highest BCUT2D eigenvalue weighted by Crippen LogP contribution is 2.28. The van der Waals surface area contributed by atoms with Gasteiger partial charge in [0.25, 0.3) is 0 Å². The summed E-state index contributed by atoms with van der Waals surface area (Å²) >= 11 is 5.87. The fraction of sp³-hybridized carbons (Fsp3) is 0.200. The smallest absolute Gasteiger partial charge is 0.174 e. The third-order valence-electron chi connectivity index (χ3n) is 3.18. The predicted molar refractivity (Wildman–Crippen MR) is 77.5 cm³/mol. The minimum absolute atomic E-state index is 0.00215. The van der Waals surface area contributed by atoms with Crippen LogP contribution in [0.1, 0.15) is 29.8 Å². The van der Waals surface area contributed by atoms with Gasteiger partial charge in [-0.25, -0.2) is 4.98 Å². The third kappa shape index (κ3) is 2.76. The van der Waals surface area contributed by atoms with Crippen LogP contribution < -0.4 is 5.73 Å². The van der Waals surface area contributed by atoms with Crippen molar-refractivity contribution in [3.8, 4) is 0 Å². The van der Waals surface area contributed by atoms with Gasteiger partial charge in [0.2, 0.25) is 0 Å². The predicted octanol–water partition coefficient (Wildman–Crippen LogP) is 3.48. The third-order valence-corrected chi connectivity index (χ3v) is 3.43. The highest BCUT2D eigenvalue weighted by molar-refractivity contribution is 6.30. The Morgan fingerprint density at radius 3 is 2.32 bits per heavy atom. The van der Waals surface area contributed by atoms with E-state index >= 15 is 0 Å². The number of ketones is 1. The zero-order valence-electron chi connectivity index (χ0n) is 10.9. The molecule has 98 valence electrons. The molecule has 2 rings (SSSR count). The van der Waals surface area contributed by atoms with Crippen molar-refractivity contribution in [2.45, 2.75) is 19.3 Å². The summed E-state index contributed by atoms with van der Waals surface area (Å²) in [6.45, 7) is 3.77. The van der Waals surface area contributed by atoms with Gasteiger partial charge in [0.05, 0.1) is 5.41 Å². The quantitative estimate of drug-likeness (QED) is 0.872. The van der Waals surface area contributed by atoms with Crippen LogP contribution in [-0.2, 0) is 5.41 Å². The molecule has 0 amide bonds. The monoisotopic (exact) mass is 274 g/mol. The van der Waals surface area contributed by atoms with Crippen LogP contribution in [0.25, 0.3) is 0 Å². The van der Waals surface area contributed by atoms with Gasteiger partial charge in [0, 0.05) is 16.8 Å². The van der Waals surface area contributed by atoms with E-state index < -0.39 is 5.41 Å². The first-order valence-corrected chi connectivity index (χ1v) is 6.31. The maximum Gasteiger partial charge on any atom is 0.174 e. The number of carbonyl (C=O) groups is 1. The second-order valence-corrected chi connectivity index (χ2v) is 5.37. The summed E-state index contributed by atoms with van der Waals surface area (Å²) in [5, 5.41) is 0.654. The van der Waals surface area contributed by atoms with Crippen LogP contribution in [0.3, 0.4) is 0 Å². The number of hydrogen-bond acceptors (Lipinski definition) is 3. The molecule has 1 aromatic heterocycles. The Labute approximate surface area is 117 Å². The summed E-state index contributed by atoms with van der Waals surface area (Å²) in [6.07, 6.45) is 1.51.